The molecule has 2 N–H and O–H groups in total. The van der Waals surface area contributed by atoms with Crippen LogP contribution >= 0.6 is 0 Å². The van der Waals surface area contributed by atoms with Gasteiger partial charge >= 0.3 is 0 Å². The average Bonchev–Trinajstić information content (AvgIpc) is 2.23. The predicted molar refractivity (Wildman–Crippen MR) is 63.9 cm³/mol. The molecule has 0 aliphatic carbocycles. The molecule has 0 heterocycles. The molecule has 0 bridgehead atoms. The van der Waals surface area contributed by atoms with E-state index in [0.717, 1.165) is 18.9 Å². The lowest BCUT2D eigenvalue weighted by Crippen LogP contribution is -2.23. The van der Waals surface area contributed by atoms with Gasteiger partial charge in [0.15, 0.2) is 0 Å². The van der Waals surface area contributed by atoms with Crippen molar-refractivity contribution in [2.45, 2.75) is 26.7 Å². The Bertz CT molecular complexity index is 346. The van der Waals surface area contributed by atoms with Crippen molar-refractivity contribution in [3.05, 3.63) is 29.8 Å². The first-order chi connectivity index (χ1) is 7.93. The van der Waals surface area contributed by atoms with Crippen LogP contribution in [-0.2, 0) is 0 Å². The van der Waals surface area contributed by atoms with E-state index in [-0.39, 0.29) is 11.2 Å². The molecule has 1 rings (SSSR count). The first-order valence-electron chi connectivity index (χ1n) is 5.72. The lowest BCUT2D eigenvalue weighted by molar-refractivity contribution is 0.259. The van der Waals surface area contributed by atoms with E-state index in [2.05, 4.69) is 13.8 Å². The van der Waals surface area contributed by atoms with Crippen LogP contribution in [0.1, 0.15) is 26.7 Å². The third kappa shape index (κ3) is 5.13. The quantitative estimate of drug-likeness (QED) is 0.779. The summed E-state index contributed by atoms with van der Waals surface area (Å²) in [6.45, 7) is 5.21. The Morgan fingerprint density at radius 2 is 1.76 bits per heavy atom. The second-order valence-electron chi connectivity index (χ2n) is 4.93. The van der Waals surface area contributed by atoms with Crippen LogP contribution in [0.3, 0.4) is 0 Å². The van der Waals surface area contributed by atoms with Gasteiger partial charge in [0.05, 0.1) is 6.61 Å². The highest BCUT2D eigenvalue weighted by Gasteiger charge is 2.14. The van der Waals surface area contributed by atoms with Crippen LogP contribution in [0.5, 0.6) is 5.75 Å². The number of nitrogens with two attached hydrogens (primary N) is 1. The number of ether oxygens (including phenoxy) is 1. The van der Waals surface area contributed by atoms with Gasteiger partial charge in [0.1, 0.15) is 17.4 Å². The van der Waals surface area contributed by atoms with Crippen molar-refractivity contribution < 1.29 is 13.5 Å². The molecule has 0 aliphatic heterocycles. The molecule has 4 heteroatoms. The first-order valence-corrected chi connectivity index (χ1v) is 5.72. The summed E-state index contributed by atoms with van der Waals surface area (Å²) in [5.41, 5.74) is 5.68. The topological polar surface area (TPSA) is 35.2 Å². The van der Waals surface area contributed by atoms with Crippen molar-refractivity contribution in [1.29, 1.82) is 0 Å². The molecule has 0 fully saturated rings. The fourth-order valence-corrected chi connectivity index (χ4v) is 1.45. The predicted octanol–water partition coefficient (Wildman–Crippen LogP) is 3.11. The second kappa shape index (κ2) is 5.96. The highest BCUT2D eigenvalue weighted by molar-refractivity contribution is 5.23. The Kier molecular flexibility index (Phi) is 4.87. The summed E-state index contributed by atoms with van der Waals surface area (Å²) in [5.74, 6) is -1.02. The van der Waals surface area contributed by atoms with Gasteiger partial charge in [-0.15, -0.1) is 0 Å². The molecular formula is C13H19F2NO. The molecular weight excluding hydrogens is 224 g/mol. The van der Waals surface area contributed by atoms with Crippen molar-refractivity contribution in [2.24, 2.45) is 11.1 Å². The van der Waals surface area contributed by atoms with Crippen LogP contribution in [0, 0.1) is 17.0 Å². The summed E-state index contributed by atoms with van der Waals surface area (Å²) in [5, 5.41) is 0. The smallest absolute Gasteiger partial charge is 0.129 e. The zero-order chi connectivity index (χ0) is 12.9. The number of rotatable bonds is 6. The Balaban J connectivity index is 2.36. The number of benzene rings is 1. The molecule has 17 heavy (non-hydrogen) atoms. The van der Waals surface area contributed by atoms with Crippen molar-refractivity contribution in [3.63, 3.8) is 0 Å². The Labute approximate surface area is 101 Å². The minimum Gasteiger partial charge on any atom is -0.493 e. The van der Waals surface area contributed by atoms with Crippen LogP contribution in [-0.4, -0.2) is 13.2 Å². The molecule has 0 radical (unpaired) electrons. The fourth-order valence-electron chi connectivity index (χ4n) is 1.45. The van der Waals surface area contributed by atoms with Crippen LogP contribution in [0.15, 0.2) is 18.2 Å². The lowest BCUT2D eigenvalue weighted by Gasteiger charge is -2.21. The van der Waals surface area contributed by atoms with Crippen LogP contribution in [0.4, 0.5) is 8.78 Å². The molecule has 0 atom stereocenters. The zero-order valence-electron chi connectivity index (χ0n) is 10.3. The summed E-state index contributed by atoms with van der Waals surface area (Å²) < 4.78 is 31.0. The third-order valence-corrected chi connectivity index (χ3v) is 2.66. The summed E-state index contributed by atoms with van der Waals surface area (Å²) in [7, 11) is 0. The molecule has 1 aromatic carbocycles. The summed E-state index contributed by atoms with van der Waals surface area (Å²) in [4.78, 5) is 0. The molecule has 0 spiro atoms. The van der Waals surface area contributed by atoms with E-state index < -0.39 is 11.6 Å². The second-order valence-corrected chi connectivity index (χ2v) is 4.93. The van der Waals surface area contributed by atoms with E-state index in [1.807, 2.05) is 0 Å². The molecule has 0 unspecified atom stereocenters. The van der Waals surface area contributed by atoms with E-state index >= 15 is 0 Å². The molecule has 0 aliphatic rings. The number of hydrogen-bond acceptors (Lipinski definition) is 2. The Morgan fingerprint density at radius 3 is 2.29 bits per heavy atom. The van der Waals surface area contributed by atoms with Gasteiger partial charge in [-0.3, -0.25) is 0 Å². The molecule has 0 amide bonds. The highest BCUT2D eigenvalue weighted by Crippen LogP contribution is 2.21. The lowest BCUT2D eigenvalue weighted by atomic mass is 9.88. The van der Waals surface area contributed by atoms with Gasteiger partial charge in [0, 0.05) is 18.2 Å². The number of hydrogen-bond donors (Lipinski definition) is 1. The molecule has 2 nitrogen and oxygen atoms in total. The summed E-state index contributed by atoms with van der Waals surface area (Å²) in [6.07, 6.45) is 1.73. The highest BCUT2D eigenvalue weighted by atomic mass is 19.1. The van der Waals surface area contributed by atoms with E-state index in [4.69, 9.17) is 10.5 Å². The van der Waals surface area contributed by atoms with Gasteiger partial charge in [0.2, 0.25) is 0 Å². The van der Waals surface area contributed by atoms with Crippen molar-refractivity contribution in [2.75, 3.05) is 13.2 Å². The SMILES string of the molecule is CC(C)(CN)CCCOc1cc(F)cc(F)c1. The van der Waals surface area contributed by atoms with Crippen molar-refractivity contribution in [1.82, 2.24) is 0 Å². The largest absolute Gasteiger partial charge is 0.493 e. The van der Waals surface area contributed by atoms with E-state index in [9.17, 15) is 8.78 Å². The molecule has 0 aromatic heterocycles. The van der Waals surface area contributed by atoms with Crippen molar-refractivity contribution in [3.8, 4) is 5.75 Å². The summed E-state index contributed by atoms with van der Waals surface area (Å²) >= 11 is 0. The molecule has 0 saturated carbocycles. The third-order valence-electron chi connectivity index (χ3n) is 2.66. The van der Waals surface area contributed by atoms with E-state index in [0.29, 0.717) is 13.2 Å². The molecule has 1 aromatic rings. The Hall–Kier alpha value is -1.16. The van der Waals surface area contributed by atoms with Crippen LogP contribution in [0.25, 0.3) is 0 Å². The van der Waals surface area contributed by atoms with Crippen molar-refractivity contribution >= 4 is 0 Å². The Morgan fingerprint density at radius 1 is 1.18 bits per heavy atom. The van der Waals surface area contributed by atoms with Crippen LogP contribution in [0.2, 0.25) is 0 Å². The number of halogens is 2. The normalized spacial score (nSPS) is 11.6. The van der Waals surface area contributed by atoms with Gasteiger partial charge < -0.3 is 10.5 Å². The van der Waals surface area contributed by atoms with Gasteiger partial charge in [-0.05, 0) is 24.8 Å². The van der Waals surface area contributed by atoms with E-state index in [1.54, 1.807) is 0 Å². The van der Waals surface area contributed by atoms with Gasteiger partial charge in [-0.1, -0.05) is 13.8 Å². The monoisotopic (exact) mass is 243 g/mol. The average molecular weight is 243 g/mol. The maximum Gasteiger partial charge on any atom is 0.129 e. The van der Waals surface area contributed by atoms with Gasteiger partial charge in [-0.2, -0.15) is 0 Å². The minimum atomic E-state index is -0.623. The zero-order valence-corrected chi connectivity index (χ0v) is 10.3. The van der Waals surface area contributed by atoms with Crippen LogP contribution < -0.4 is 10.5 Å². The summed E-state index contributed by atoms with van der Waals surface area (Å²) in [6, 6.07) is 3.18. The first kappa shape index (κ1) is 13.9. The molecule has 96 valence electrons. The van der Waals surface area contributed by atoms with Gasteiger partial charge in [0.25, 0.3) is 0 Å². The standard InChI is InChI=1S/C13H19F2NO/c1-13(2,9-16)4-3-5-17-12-7-10(14)6-11(15)8-12/h6-8H,3-5,9,16H2,1-2H3. The fraction of sp³-hybridized carbons (Fsp3) is 0.538. The maximum absolute atomic E-state index is 12.8. The van der Waals surface area contributed by atoms with Gasteiger partial charge in [-0.25, -0.2) is 8.78 Å². The maximum atomic E-state index is 12.8. The van der Waals surface area contributed by atoms with E-state index in [1.165, 1.54) is 12.1 Å². The molecule has 0 saturated heterocycles. The minimum absolute atomic E-state index is 0.0799.